The van der Waals surface area contributed by atoms with Gasteiger partial charge in [0.25, 0.3) is 5.91 Å². The molecule has 0 aromatic heterocycles. The molecule has 1 amide bonds. The van der Waals surface area contributed by atoms with E-state index in [9.17, 15) is 4.79 Å². The molecule has 0 unspecified atom stereocenters. The predicted octanol–water partition coefficient (Wildman–Crippen LogP) is 2.48. The lowest BCUT2D eigenvalue weighted by Crippen LogP contribution is -2.36. The van der Waals surface area contributed by atoms with Crippen LogP contribution >= 0.6 is 0 Å². The largest absolute Gasteiger partial charge is 0.346 e. The van der Waals surface area contributed by atoms with Gasteiger partial charge in [-0.15, -0.1) is 0 Å². The van der Waals surface area contributed by atoms with E-state index in [2.05, 4.69) is 11.4 Å². The van der Waals surface area contributed by atoms with Crippen LogP contribution in [-0.4, -0.2) is 11.4 Å². The van der Waals surface area contributed by atoms with Gasteiger partial charge in [-0.1, -0.05) is 6.07 Å². The van der Waals surface area contributed by atoms with E-state index in [4.69, 9.17) is 5.26 Å². The Labute approximate surface area is 101 Å². The quantitative estimate of drug-likeness (QED) is 0.864. The van der Waals surface area contributed by atoms with Crippen molar-refractivity contribution in [1.29, 1.82) is 5.26 Å². The summed E-state index contributed by atoms with van der Waals surface area (Å²) in [6.07, 6.45) is 2.23. The van der Waals surface area contributed by atoms with Gasteiger partial charge in [-0.3, -0.25) is 4.79 Å². The van der Waals surface area contributed by atoms with Crippen LogP contribution in [-0.2, 0) is 0 Å². The van der Waals surface area contributed by atoms with Crippen molar-refractivity contribution in [3.05, 3.63) is 34.9 Å². The van der Waals surface area contributed by atoms with Crippen LogP contribution in [0, 0.1) is 25.2 Å². The Morgan fingerprint density at radius 3 is 2.65 bits per heavy atom. The molecule has 0 bridgehead atoms. The zero-order chi connectivity index (χ0) is 12.5. The number of amides is 1. The van der Waals surface area contributed by atoms with Gasteiger partial charge in [0.05, 0.1) is 18.0 Å². The maximum Gasteiger partial charge on any atom is 0.251 e. The Hall–Kier alpha value is -1.82. The van der Waals surface area contributed by atoms with E-state index in [1.54, 1.807) is 0 Å². The van der Waals surface area contributed by atoms with E-state index in [1.165, 1.54) is 5.56 Å². The van der Waals surface area contributed by atoms with E-state index in [0.717, 1.165) is 18.4 Å². The normalized spacial score (nSPS) is 16.1. The first-order chi connectivity index (χ1) is 8.06. The highest BCUT2D eigenvalue weighted by Crippen LogP contribution is 2.38. The average Bonchev–Trinajstić information content (AvgIpc) is 3.02. The molecule has 17 heavy (non-hydrogen) atoms. The summed E-state index contributed by atoms with van der Waals surface area (Å²) in [5, 5.41) is 11.7. The van der Waals surface area contributed by atoms with Crippen molar-refractivity contribution in [2.24, 2.45) is 0 Å². The summed E-state index contributed by atoms with van der Waals surface area (Å²) >= 11 is 0. The molecule has 2 rings (SSSR count). The molecular weight excluding hydrogens is 212 g/mol. The summed E-state index contributed by atoms with van der Waals surface area (Å²) in [7, 11) is 0. The molecule has 0 atom stereocenters. The third-order valence-corrected chi connectivity index (χ3v) is 3.42. The summed E-state index contributed by atoms with van der Waals surface area (Å²) in [5.41, 5.74) is 2.73. The Balaban J connectivity index is 2.10. The van der Waals surface area contributed by atoms with Crippen molar-refractivity contribution in [2.45, 2.75) is 38.6 Å². The van der Waals surface area contributed by atoms with E-state index < -0.39 is 0 Å². The minimum absolute atomic E-state index is 0.0687. The number of nitrogens with one attached hydrogen (secondary N) is 1. The molecule has 0 spiro atoms. The molecule has 88 valence electrons. The molecule has 1 fully saturated rings. The first kappa shape index (κ1) is 11.7. The number of nitriles is 1. The Morgan fingerprint density at radius 1 is 1.41 bits per heavy atom. The van der Waals surface area contributed by atoms with Crippen LogP contribution in [0.3, 0.4) is 0 Å². The molecule has 1 saturated carbocycles. The second kappa shape index (κ2) is 4.21. The van der Waals surface area contributed by atoms with Crippen molar-refractivity contribution in [1.82, 2.24) is 5.32 Å². The number of hydrogen-bond acceptors (Lipinski definition) is 2. The second-order valence-corrected chi connectivity index (χ2v) is 4.87. The lowest BCUT2D eigenvalue weighted by Gasteiger charge is -2.14. The smallest absolute Gasteiger partial charge is 0.251 e. The number of aryl methyl sites for hydroxylation is 2. The topological polar surface area (TPSA) is 52.9 Å². The fourth-order valence-electron chi connectivity index (χ4n) is 1.84. The summed E-state index contributed by atoms with van der Waals surface area (Å²) in [6, 6.07) is 7.81. The summed E-state index contributed by atoms with van der Waals surface area (Å²) in [6.45, 7) is 4.02. The molecule has 3 nitrogen and oxygen atoms in total. The average molecular weight is 228 g/mol. The van der Waals surface area contributed by atoms with E-state index in [0.29, 0.717) is 12.0 Å². The van der Waals surface area contributed by atoms with Gasteiger partial charge in [0.2, 0.25) is 0 Å². The molecular formula is C14H16N2O. The molecule has 3 heteroatoms. The third-order valence-electron chi connectivity index (χ3n) is 3.42. The van der Waals surface area contributed by atoms with Crippen LogP contribution in [0.4, 0.5) is 0 Å². The molecule has 0 aliphatic heterocycles. The van der Waals surface area contributed by atoms with Crippen molar-refractivity contribution in [3.8, 4) is 6.07 Å². The minimum Gasteiger partial charge on any atom is -0.346 e. The van der Waals surface area contributed by atoms with Crippen molar-refractivity contribution in [3.63, 3.8) is 0 Å². The predicted molar refractivity (Wildman–Crippen MR) is 65.6 cm³/mol. The molecule has 0 heterocycles. The minimum atomic E-state index is -0.245. The molecule has 1 aromatic carbocycles. The summed E-state index contributed by atoms with van der Waals surface area (Å²) < 4.78 is 0. The fourth-order valence-corrected chi connectivity index (χ4v) is 1.84. The highest BCUT2D eigenvalue weighted by atomic mass is 16.1. The first-order valence-corrected chi connectivity index (χ1v) is 5.83. The van der Waals surface area contributed by atoms with Crippen molar-refractivity contribution in [2.75, 3.05) is 0 Å². The zero-order valence-electron chi connectivity index (χ0n) is 10.2. The van der Waals surface area contributed by atoms with E-state index in [1.807, 2.05) is 32.0 Å². The van der Waals surface area contributed by atoms with Gasteiger partial charge < -0.3 is 5.32 Å². The number of rotatable bonds is 3. The molecule has 1 N–H and O–H groups in total. The lowest BCUT2D eigenvalue weighted by molar-refractivity contribution is 0.0932. The van der Waals surface area contributed by atoms with Crippen LogP contribution in [0.5, 0.6) is 0 Å². The third kappa shape index (κ3) is 2.47. The second-order valence-electron chi connectivity index (χ2n) is 4.87. The van der Waals surface area contributed by atoms with Crippen molar-refractivity contribution >= 4 is 5.91 Å². The van der Waals surface area contributed by atoms with Gasteiger partial charge in [0.1, 0.15) is 0 Å². The Kier molecular flexibility index (Phi) is 2.89. The molecule has 0 saturated heterocycles. The summed E-state index contributed by atoms with van der Waals surface area (Å²) in [4.78, 5) is 12.0. The molecule has 1 aromatic rings. The maximum atomic E-state index is 12.0. The zero-order valence-corrected chi connectivity index (χ0v) is 10.2. The highest BCUT2D eigenvalue weighted by Gasteiger charge is 2.43. The first-order valence-electron chi connectivity index (χ1n) is 5.83. The van der Waals surface area contributed by atoms with Gasteiger partial charge >= 0.3 is 0 Å². The van der Waals surface area contributed by atoms with Gasteiger partial charge in [-0.25, -0.2) is 0 Å². The SMILES string of the molecule is Cc1ccc(C(=O)NC2(CC#N)CC2)cc1C. The number of carbonyl (C=O) groups excluding carboxylic acids is 1. The van der Waals surface area contributed by atoms with E-state index in [-0.39, 0.29) is 11.4 Å². The van der Waals surface area contributed by atoms with E-state index >= 15 is 0 Å². The summed E-state index contributed by atoms with van der Waals surface area (Å²) in [5.74, 6) is -0.0687. The standard InChI is InChI=1S/C14H16N2O/c1-10-3-4-12(9-11(10)2)13(17)16-14(5-6-14)7-8-15/h3-4,9H,5-7H2,1-2H3,(H,16,17). The number of hydrogen-bond donors (Lipinski definition) is 1. The fraction of sp³-hybridized carbons (Fsp3) is 0.429. The van der Waals surface area contributed by atoms with Crippen molar-refractivity contribution < 1.29 is 4.79 Å². The number of carbonyl (C=O) groups is 1. The molecule has 1 aliphatic rings. The molecule has 0 radical (unpaired) electrons. The van der Waals surface area contributed by atoms with Crippen LogP contribution in [0.2, 0.25) is 0 Å². The number of benzene rings is 1. The van der Waals surface area contributed by atoms with Crippen LogP contribution in [0.25, 0.3) is 0 Å². The lowest BCUT2D eigenvalue weighted by atomic mass is 10.1. The van der Waals surface area contributed by atoms with Gasteiger partial charge in [0.15, 0.2) is 0 Å². The van der Waals surface area contributed by atoms with Crippen LogP contribution in [0.15, 0.2) is 18.2 Å². The number of nitrogens with zero attached hydrogens (tertiary/aromatic N) is 1. The maximum absolute atomic E-state index is 12.0. The highest BCUT2D eigenvalue weighted by molar-refractivity contribution is 5.95. The van der Waals surface area contributed by atoms with Crippen LogP contribution < -0.4 is 5.32 Å². The van der Waals surface area contributed by atoms with Gasteiger partial charge in [-0.2, -0.15) is 5.26 Å². The van der Waals surface area contributed by atoms with Gasteiger partial charge in [0, 0.05) is 5.56 Å². The van der Waals surface area contributed by atoms with Gasteiger partial charge in [-0.05, 0) is 49.9 Å². The molecule has 1 aliphatic carbocycles. The Bertz CT molecular complexity index is 495. The van der Waals surface area contributed by atoms with Crippen LogP contribution in [0.1, 0.15) is 40.7 Å². The Morgan fingerprint density at radius 2 is 2.12 bits per heavy atom. The monoisotopic (exact) mass is 228 g/mol.